The third-order valence-corrected chi connectivity index (χ3v) is 5.19. The van der Waals surface area contributed by atoms with Gasteiger partial charge in [-0.1, -0.05) is 11.6 Å². The first-order valence-corrected chi connectivity index (χ1v) is 8.30. The lowest BCUT2D eigenvalue weighted by atomic mass is 10.1. The summed E-state index contributed by atoms with van der Waals surface area (Å²) in [5.41, 5.74) is 0.406. The number of halogens is 3. The van der Waals surface area contributed by atoms with Gasteiger partial charge in [0.2, 0.25) is 5.91 Å². The van der Waals surface area contributed by atoms with Gasteiger partial charge in [-0.05, 0) is 22.0 Å². The van der Waals surface area contributed by atoms with Crippen molar-refractivity contribution in [1.82, 2.24) is 9.80 Å². The van der Waals surface area contributed by atoms with Gasteiger partial charge in [-0.2, -0.15) is 0 Å². The van der Waals surface area contributed by atoms with E-state index >= 15 is 0 Å². The minimum atomic E-state index is -0.979. The number of hydrogen-bond donors (Lipinski definition) is 2. The molecule has 2 amide bonds. The van der Waals surface area contributed by atoms with Crippen molar-refractivity contribution in [3.8, 4) is 0 Å². The third kappa shape index (κ3) is 3.05. The van der Waals surface area contributed by atoms with Crippen LogP contribution < -0.4 is 5.32 Å². The second kappa shape index (κ2) is 6.56. The fourth-order valence-corrected chi connectivity index (χ4v) is 3.19. The molecule has 2 aliphatic heterocycles. The molecular weight excluding hydrogens is 407 g/mol. The predicted molar refractivity (Wildman–Crippen MR) is 90.3 cm³/mol. The second-order valence-electron chi connectivity index (χ2n) is 5.35. The Kier molecular flexibility index (Phi) is 4.64. The molecule has 1 fully saturated rings. The maximum absolute atomic E-state index is 14.5. The molecule has 0 atom stereocenters. The number of anilines is 1. The minimum Gasteiger partial charge on any atom is -0.465 e. The average Bonchev–Trinajstić information content (AvgIpc) is 2.72. The van der Waals surface area contributed by atoms with Gasteiger partial charge in [0.15, 0.2) is 5.82 Å². The zero-order valence-corrected chi connectivity index (χ0v) is 14.7. The molecule has 0 saturated carbocycles. The Balaban J connectivity index is 1.98. The molecule has 1 saturated heterocycles. The number of nitrogens with one attached hydrogen (secondary N) is 1. The van der Waals surface area contributed by atoms with Gasteiger partial charge in [0, 0.05) is 31.7 Å². The van der Waals surface area contributed by atoms with E-state index in [9.17, 15) is 14.0 Å². The van der Waals surface area contributed by atoms with E-state index in [-0.39, 0.29) is 21.7 Å². The summed E-state index contributed by atoms with van der Waals surface area (Å²) in [4.78, 5) is 30.2. The van der Waals surface area contributed by atoms with Gasteiger partial charge in [0.25, 0.3) is 0 Å². The molecule has 128 valence electrons. The van der Waals surface area contributed by atoms with Crippen molar-refractivity contribution in [2.75, 3.05) is 38.0 Å². The quantitative estimate of drug-likeness (QED) is 0.632. The number of carboxylic acid groups (broad SMARTS) is 1. The van der Waals surface area contributed by atoms with Crippen molar-refractivity contribution in [2.45, 2.75) is 0 Å². The van der Waals surface area contributed by atoms with Crippen LogP contribution >= 0.6 is 27.5 Å². The molecule has 0 radical (unpaired) electrons. The van der Waals surface area contributed by atoms with Gasteiger partial charge in [0.05, 0.1) is 15.2 Å². The highest BCUT2D eigenvalue weighted by atomic mass is 79.9. The normalized spacial score (nSPS) is 17.8. The number of amides is 2. The van der Waals surface area contributed by atoms with Crippen molar-refractivity contribution < 1.29 is 19.1 Å². The van der Waals surface area contributed by atoms with Crippen LogP contribution in [0.4, 0.5) is 14.9 Å². The highest BCUT2D eigenvalue weighted by Gasteiger charge is 2.29. The van der Waals surface area contributed by atoms with E-state index in [0.717, 1.165) is 0 Å². The van der Waals surface area contributed by atoms with Gasteiger partial charge in [-0.15, -0.1) is 0 Å². The van der Waals surface area contributed by atoms with Crippen LogP contribution in [0.5, 0.6) is 0 Å². The molecule has 0 aliphatic carbocycles. The molecule has 2 heterocycles. The van der Waals surface area contributed by atoms with Crippen molar-refractivity contribution in [1.29, 1.82) is 0 Å². The van der Waals surface area contributed by atoms with Gasteiger partial charge in [0.1, 0.15) is 12.4 Å². The number of carbonyl (C=O) groups is 2. The summed E-state index contributed by atoms with van der Waals surface area (Å²) in [6.45, 7) is 1.26. The fourth-order valence-electron chi connectivity index (χ4n) is 2.68. The van der Waals surface area contributed by atoms with Crippen molar-refractivity contribution in [3.05, 3.63) is 26.9 Å². The number of piperazine rings is 1. The maximum Gasteiger partial charge on any atom is 0.407 e. The highest BCUT2D eigenvalue weighted by Crippen LogP contribution is 2.35. The zero-order valence-electron chi connectivity index (χ0n) is 12.4. The molecule has 1 aromatic rings. The number of hydrogen-bond acceptors (Lipinski definition) is 4. The number of amidine groups is 1. The third-order valence-electron chi connectivity index (χ3n) is 3.89. The summed E-state index contributed by atoms with van der Waals surface area (Å²) in [5.74, 6) is -0.658. The Labute approximate surface area is 150 Å². The average molecular weight is 420 g/mol. The van der Waals surface area contributed by atoms with E-state index in [0.29, 0.717) is 37.6 Å². The zero-order chi connectivity index (χ0) is 17.4. The summed E-state index contributed by atoms with van der Waals surface area (Å²) in [5, 5.41) is 11.7. The van der Waals surface area contributed by atoms with E-state index in [1.165, 1.54) is 11.0 Å². The monoisotopic (exact) mass is 418 g/mol. The predicted octanol–water partition coefficient (Wildman–Crippen LogP) is 2.24. The van der Waals surface area contributed by atoms with E-state index in [1.807, 2.05) is 4.90 Å². The first-order chi connectivity index (χ1) is 11.4. The molecule has 0 aromatic heterocycles. The van der Waals surface area contributed by atoms with Crippen molar-refractivity contribution >= 4 is 51.1 Å². The van der Waals surface area contributed by atoms with Crippen LogP contribution in [-0.2, 0) is 4.79 Å². The first-order valence-electron chi connectivity index (χ1n) is 7.13. The number of fused-ring (bicyclic) bond motifs is 1. The van der Waals surface area contributed by atoms with Gasteiger partial charge >= 0.3 is 6.09 Å². The second-order valence-corrected chi connectivity index (χ2v) is 6.55. The van der Waals surface area contributed by atoms with E-state index in [1.54, 1.807) is 0 Å². The molecular formula is C14H13BrClFN4O3. The largest absolute Gasteiger partial charge is 0.465 e. The maximum atomic E-state index is 14.5. The molecule has 7 nitrogen and oxygen atoms in total. The standard InChI is InChI=1S/C14H13BrClFN4O3/c15-10-8(16)5-7-12(11(10)17)19-9(22)6-18-13(7)20-1-3-21(4-2-20)14(23)24/h5H,1-4,6H2,(H,19,22)(H,23,24). The van der Waals surface area contributed by atoms with Crippen LogP contribution in [0.25, 0.3) is 0 Å². The number of benzodiazepines with no additional fused rings is 1. The summed E-state index contributed by atoms with van der Waals surface area (Å²) in [7, 11) is 0. The van der Waals surface area contributed by atoms with Crippen LogP contribution in [0.2, 0.25) is 5.02 Å². The molecule has 2 N–H and O–H groups in total. The molecule has 10 heteroatoms. The number of nitrogens with zero attached hydrogens (tertiary/aromatic N) is 3. The molecule has 0 bridgehead atoms. The lowest BCUT2D eigenvalue weighted by molar-refractivity contribution is -0.114. The topological polar surface area (TPSA) is 85.2 Å². The van der Waals surface area contributed by atoms with E-state index < -0.39 is 17.8 Å². The summed E-state index contributed by atoms with van der Waals surface area (Å²) < 4.78 is 14.6. The lowest BCUT2D eigenvalue weighted by Crippen LogP contribution is -2.50. The van der Waals surface area contributed by atoms with Gasteiger partial charge in [-0.25, -0.2) is 9.18 Å². The molecule has 2 aliphatic rings. The molecule has 0 unspecified atom stereocenters. The number of carbonyl (C=O) groups excluding carboxylic acids is 1. The first kappa shape index (κ1) is 17.0. The summed E-state index contributed by atoms with van der Waals surface area (Å²) in [6.07, 6.45) is -0.979. The SMILES string of the molecule is O=C1CN=C(N2CCN(C(=O)O)CC2)c2cc(Cl)c(Br)c(F)c2N1. The smallest absolute Gasteiger partial charge is 0.407 e. The Morgan fingerprint density at radius 2 is 2.04 bits per heavy atom. The fraction of sp³-hybridized carbons (Fsp3) is 0.357. The van der Waals surface area contributed by atoms with Crippen LogP contribution in [0.1, 0.15) is 5.56 Å². The molecule has 0 spiro atoms. The number of aliphatic imine (C=N–C) groups is 1. The molecule has 3 rings (SSSR count). The van der Waals surface area contributed by atoms with Crippen LogP contribution in [-0.4, -0.2) is 65.5 Å². The Morgan fingerprint density at radius 1 is 1.38 bits per heavy atom. The van der Waals surface area contributed by atoms with Crippen LogP contribution in [0.15, 0.2) is 15.5 Å². The Bertz CT molecular complexity index is 750. The summed E-state index contributed by atoms with van der Waals surface area (Å²) in [6, 6.07) is 1.54. The van der Waals surface area contributed by atoms with Gasteiger partial charge in [-0.3, -0.25) is 9.79 Å². The minimum absolute atomic E-state index is 0.0215. The lowest BCUT2D eigenvalue weighted by Gasteiger charge is -2.35. The highest BCUT2D eigenvalue weighted by molar-refractivity contribution is 9.10. The van der Waals surface area contributed by atoms with Crippen molar-refractivity contribution in [3.63, 3.8) is 0 Å². The van der Waals surface area contributed by atoms with E-state index in [2.05, 4.69) is 26.2 Å². The van der Waals surface area contributed by atoms with E-state index in [4.69, 9.17) is 16.7 Å². The molecule has 24 heavy (non-hydrogen) atoms. The molecule has 1 aromatic carbocycles. The van der Waals surface area contributed by atoms with Crippen LogP contribution in [0.3, 0.4) is 0 Å². The number of benzene rings is 1. The number of rotatable bonds is 0. The van der Waals surface area contributed by atoms with Crippen molar-refractivity contribution in [2.24, 2.45) is 4.99 Å². The van der Waals surface area contributed by atoms with Crippen LogP contribution in [0, 0.1) is 5.82 Å². The Hall–Kier alpha value is -1.87. The summed E-state index contributed by atoms with van der Waals surface area (Å²) >= 11 is 9.11. The van der Waals surface area contributed by atoms with Gasteiger partial charge < -0.3 is 20.2 Å². The Morgan fingerprint density at radius 3 is 2.67 bits per heavy atom.